The van der Waals surface area contributed by atoms with Crippen molar-refractivity contribution in [2.45, 2.75) is 51.6 Å². The van der Waals surface area contributed by atoms with Crippen LogP contribution >= 0.6 is 11.3 Å². The van der Waals surface area contributed by atoms with Gasteiger partial charge in [0.15, 0.2) is 0 Å². The summed E-state index contributed by atoms with van der Waals surface area (Å²) < 4.78 is 2.05. The van der Waals surface area contributed by atoms with Crippen molar-refractivity contribution in [3.05, 3.63) is 53.5 Å². The molecule has 0 aliphatic carbocycles. The Morgan fingerprint density at radius 3 is 2.53 bits per heavy atom. The van der Waals surface area contributed by atoms with Crippen LogP contribution in [0.5, 0.6) is 0 Å². The molecule has 0 bridgehead atoms. The van der Waals surface area contributed by atoms with Crippen molar-refractivity contribution in [2.75, 3.05) is 26.2 Å². The zero-order valence-electron chi connectivity index (χ0n) is 18.9. The number of nitrogens with zero attached hydrogens (tertiary/aromatic N) is 4. The van der Waals surface area contributed by atoms with E-state index in [2.05, 4.69) is 57.0 Å². The van der Waals surface area contributed by atoms with E-state index >= 15 is 0 Å². The molecular formula is C26H32N4OS. The van der Waals surface area contributed by atoms with Crippen molar-refractivity contribution >= 4 is 17.2 Å². The fourth-order valence-electron chi connectivity index (χ4n) is 5.00. The quantitative estimate of drug-likeness (QED) is 0.548. The number of benzene rings is 1. The monoisotopic (exact) mass is 448 g/mol. The van der Waals surface area contributed by atoms with Crippen LogP contribution in [0.15, 0.2) is 48.0 Å². The Kier molecular flexibility index (Phi) is 6.42. The van der Waals surface area contributed by atoms with E-state index in [1.807, 2.05) is 12.3 Å². The largest absolute Gasteiger partial charge is 0.341 e. The molecule has 5 rings (SSSR count). The molecule has 0 spiro atoms. The molecular weight excluding hydrogens is 416 g/mol. The molecule has 0 N–H and O–H groups in total. The van der Waals surface area contributed by atoms with Crippen LogP contribution in [-0.2, 0) is 11.3 Å². The third-order valence-corrected chi connectivity index (χ3v) is 7.79. The van der Waals surface area contributed by atoms with Gasteiger partial charge in [0.2, 0.25) is 5.91 Å². The molecule has 4 heterocycles. The molecule has 1 amide bonds. The van der Waals surface area contributed by atoms with Gasteiger partial charge in [0, 0.05) is 36.3 Å². The molecule has 3 aromatic rings. The first kappa shape index (κ1) is 21.4. The first-order chi connectivity index (χ1) is 15.7. The highest BCUT2D eigenvalue weighted by Gasteiger charge is 2.27. The Morgan fingerprint density at radius 1 is 1.03 bits per heavy atom. The molecule has 1 aromatic carbocycles. The van der Waals surface area contributed by atoms with E-state index < -0.39 is 0 Å². The first-order valence-corrected chi connectivity index (χ1v) is 12.8. The predicted octanol–water partition coefficient (Wildman–Crippen LogP) is 5.06. The number of thiazole rings is 1. The van der Waals surface area contributed by atoms with Gasteiger partial charge >= 0.3 is 0 Å². The van der Waals surface area contributed by atoms with Gasteiger partial charge in [-0.2, -0.15) is 0 Å². The molecule has 2 aliphatic heterocycles. The topological polar surface area (TPSA) is 41.4 Å². The maximum absolute atomic E-state index is 13.1. The lowest BCUT2D eigenvalue weighted by molar-refractivity contribution is -0.133. The Labute approximate surface area is 194 Å². The van der Waals surface area contributed by atoms with Gasteiger partial charge in [0.1, 0.15) is 11.6 Å². The van der Waals surface area contributed by atoms with Gasteiger partial charge in [0.25, 0.3) is 0 Å². The number of rotatable bonds is 5. The van der Waals surface area contributed by atoms with E-state index in [0.717, 1.165) is 47.9 Å². The van der Waals surface area contributed by atoms with Crippen LogP contribution in [0.25, 0.3) is 22.0 Å². The fourth-order valence-corrected chi connectivity index (χ4v) is 5.87. The van der Waals surface area contributed by atoms with Gasteiger partial charge in [-0.25, -0.2) is 4.98 Å². The van der Waals surface area contributed by atoms with Crippen LogP contribution in [0.2, 0.25) is 0 Å². The van der Waals surface area contributed by atoms with E-state index in [9.17, 15) is 4.79 Å². The number of hydrogen-bond acceptors (Lipinski definition) is 4. The molecule has 2 aromatic heterocycles. The minimum atomic E-state index is 0.217. The molecule has 5 nitrogen and oxygen atoms in total. The number of carbonyl (C=O) groups is 1. The van der Waals surface area contributed by atoms with Gasteiger partial charge < -0.3 is 14.4 Å². The molecule has 0 unspecified atom stereocenters. The summed E-state index contributed by atoms with van der Waals surface area (Å²) in [5.74, 6) is 0.217. The van der Waals surface area contributed by atoms with Crippen molar-refractivity contribution in [3.8, 4) is 22.0 Å². The standard InChI is InChI=1S/C26H32N4OS/c1-20-7-9-21(10-8-20)23-19-32-26(27-23)24-6-5-15-30(24)18-25(31)29-16-11-22(12-17-29)28-13-3-2-4-14-28/h5-10,15,19,22H,2-4,11-14,16-18H2,1H3. The van der Waals surface area contributed by atoms with Crippen LogP contribution < -0.4 is 0 Å². The Bertz CT molecular complexity index is 1040. The highest BCUT2D eigenvalue weighted by Crippen LogP contribution is 2.30. The minimum absolute atomic E-state index is 0.217. The summed E-state index contributed by atoms with van der Waals surface area (Å²) in [6, 6.07) is 13.2. The molecule has 0 atom stereocenters. The molecule has 2 aliphatic rings. The summed E-state index contributed by atoms with van der Waals surface area (Å²) in [5.41, 5.74) is 4.38. The molecule has 2 saturated heterocycles. The lowest BCUT2D eigenvalue weighted by Gasteiger charge is -2.40. The molecule has 0 saturated carbocycles. The lowest BCUT2D eigenvalue weighted by atomic mass is 10.00. The number of hydrogen-bond donors (Lipinski definition) is 0. The minimum Gasteiger partial charge on any atom is -0.341 e. The second kappa shape index (κ2) is 9.59. The number of likely N-dealkylation sites (tertiary alicyclic amines) is 2. The van der Waals surface area contributed by atoms with Crippen molar-refractivity contribution in [2.24, 2.45) is 0 Å². The average molecular weight is 449 g/mol. The third-order valence-electron chi connectivity index (χ3n) is 6.93. The fraction of sp³-hybridized carbons (Fsp3) is 0.462. The third kappa shape index (κ3) is 4.66. The zero-order chi connectivity index (χ0) is 21.9. The number of carbonyl (C=O) groups excluding carboxylic acids is 1. The smallest absolute Gasteiger partial charge is 0.242 e. The summed E-state index contributed by atoms with van der Waals surface area (Å²) in [7, 11) is 0. The van der Waals surface area contributed by atoms with E-state index in [-0.39, 0.29) is 5.91 Å². The summed E-state index contributed by atoms with van der Waals surface area (Å²) in [6.45, 7) is 6.72. The van der Waals surface area contributed by atoms with Crippen molar-refractivity contribution < 1.29 is 4.79 Å². The summed E-state index contributed by atoms with van der Waals surface area (Å²) in [4.78, 5) is 22.6. The van der Waals surface area contributed by atoms with E-state index in [0.29, 0.717) is 12.6 Å². The second-order valence-electron chi connectivity index (χ2n) is 9.13. The zero-order valence-corrected chi connectivity index (χ0v) is 19.7. The Morgan fingerprint density at radius 2 is 1.78 bits per heavy atom. The predicted molar refractivity (Wildman–Crippen MR) is 131 cm³/mol. The molecule has 168 valence electrons. The molecule has 32 heavy (non-hydrogen) atoms. The lowest BCUT2D eigenvalue weighted by Crippen LogP contribution is -2.48. The molecule has 0 radical (unpaired) electrons. The summed E-state index contributed by atoms with van der Waals surface area (Å²) in [6.07, 6.45) is 8.25. The molecule has 2 fully saturated rings. The van der Waals surface area contributed by atoms with Gasteiger partial charge in [-0.1, -0.05) is 36.2 Å². The Balaban J connectivity index is 1.22. The van der Waals surface area contributed by atoms with Gasteiger partial charge in [-0.3, -0.25) is 4.79 Å². The summed E-state index contributed by atoms with van der Waals surface area (Å²) in [5, 5.41) is 3.06. The maximum Gasteiger partial charge on any atom is 0.242 e. The van der Waals surface area contributed by atoms with Crippen LogP contribution in [0.4, 0.5) is 0 Å². The number of aryl methyl sites for hydroxylation is 1. The van der Waals surface area contributed by atoms with Gasteiger partial charge in [-0.15, -0.1) is 11.3 Å². The van der Waals surface area contributed by atoms with Crippen LogP contribution in [0.1, 0.15) is 37.7 Å². The highest BCUT2D eigenvalue weighted by atomic mass is 32.1. The van der Waals surface area contributed by atoms with Crippen molar-refractivity contribution in [1.82, 2.24) is 19.4 Å². The number of aromatic nitrogens is 2. The van der Waals surface area contributed by atoms with Gasteiger partial charge in [0.05, 0.1) is 11.4 Å². The summed E-state index contributed by atoms with van der Waals surface area (Å²) >= 11 is 1.64. The van der Waals surface area contributed by atoms with E-state index in [4.69, 9.17) is 4.98 Å². The van der Waals surface area contributed by atoms with Gasteiger partial charge in [-0.05, 0) is 57.8 Å². The number of piperidine rings is 2. The maximum atomic E-state index is 13.1. The van der Waals surface area contributed by atoms with E-state index in [1.54, 1.807) is 11.3 Å². The normalized spacial score (nSPS) is 18.2. The van der Waals surface area contributed by atoms with Crippen LogP contribution in [-0.4, -0.2) is 57.5 Å². The second-order valence-corrected chi connectivity index (χ2v) is 9.99. The van der Waals surface area contributed by atoms with Crippen LogP contribution in [0, 0.1) is 6.92 Å². The van der Waals surface area contributed by atoms with E-state index in [1.165, 1.54) is 37.9 Å². The highest BCUT2D eigenvalue weighted by molar-refractivity contribution is 7.13. The van der Waals surface area contributed by atoms with Crippen molar-refractivity contribution in [1.29, 1.82) is 0 Å². The average Bonchev–Trinajstić information content (AvgIpc) is 3.50. The number of amides is 1. The SMILES string of the molecule is Cc1ccc(-c2csc(-c3cccn3CC(=O)N3CCC(N4CCCCC4)CC3)n2)cc1. The first-order valence-electron chi connectivity index (χ1n) is 11.9. The Hall–Kier alpha value is -2.44. The van der Waals surface area contributed by atoms with Crippen molar-refractivity contribution in [3.63, 3.8) is 0 Å². The van der Waals surface area contributed by atoms with Crippen LogP contribution in [0.3, 0.4) is 0 Å². The molecule has 6 heteroatoms.